The van der Waals surface area contributed by atoms with Gasteiger partial charge in [-0.3, -0.25) is 9.59 Å². The van der Waals surface area contributed by atoms with E-state index < -0.39 is 0 Å². The third-order valence-electron chi connectivity index (χ3n) is 4.25. The lowest BCUT2D eigenvalue weighted by Crippen LogP contribution is -2.42. The highest BCUT2D eigenvalue weighted by molar-refractivity contribution is 6.34. The van der Waals surface area contributed by atoms with E-state index in [-0.39, 0.29) is 23.9 Å². The number of hydrogen-bond donors (Lipinski definition) is 1. The zero-order chi connectivity index (χ0) is 19.4. The Labute approximate surface area is 160 Å². The van der Waals surface area contributed by atoms with Crippen LogP contribution in [0, 0.1) is 0 Å². The maximum Gasteiger partial charge on any atom is 0.254 e. The molecule has 5 heteroatoms. The molecule has 2 aromatic rings. The average molecular weight is 373 g/mol. The molecule has 2 rings (SSSR count). The first kappa shape index (κ1) is 20.0. The highest BCUT2D eigenvalue weighted by atomic mass is 35.5. The summed E-state index contributed by atoms with van der Waals surface area (Å²) in [6.45, 7) is 8.03. The van der Waals surface area contributed by atoms with Gasteiger partial charge in [-0.25, -0.2) is 0 Å². The Morgan fingerprint density at radius 2 is 1.58 bits per heavy atom. The van der Waals surface area contributed by atoms with Crippen LogP contribution in [0.4, 0.5) is 0 Å². The fraction of sp³-hybridized carbons (Fsp3) is 0.333. The Morgan fingerprint density at radius 3 is 2.15 bits per heavy atom. The molecule has 2 amide bonds. The third-order valence-corrected chi connectivity index (χ3v) is 4.58. The molecule has 0 aromatic heterocycles. The molecule has 0 atom stereocenters. The van der Waals surface area contributed by atoms with Gasteiger partial charge in [-0.1, -0.05) is 35.9 Å². The molecule has 0 aliphatic carbocycles. The Balaban J connectivity index is 2.57. The van der Waals surface area contributed by atoms with Crippen molar-refractivity contribution < 1.29 is 9.59 Å². The van der Waals surface area contributed by atoms with Gasteiger partial charge in [-0.15, -0.1) is 0 Å². The first-order chi connectivity index (χ1) is 12.3. The Morgan fingerprint density at radius 1 is 0.962 bits per heavy atom. The second-order valence-electron chi connectivity index (χ2n) is 6.72. The molecule has 0 spiro atoms. The number of carbonyl (C=O) groups is 2. The summed E-state index contributed by atoms with van der Waals surface area (Å²) in [6, 6.07) is 12.9. The Bertz CT molecular complexity index is 807. The van der Waals surface area contributed by atoms with E-state index in [4.69, 9.17) is 11.6 Å². The largest absolute Gasteiger partial charge is 0.355 e. The molecule has 26 heavy (non-hydrogen) atoms. The SMILES string of the molecule is CNC(=O)c1cc(-c2ccccc2C(=O)N(C(C)C)C(C)C)ccc1Cl. The standard InChI is InChI=1S/C21H25ClN2O2/c1-13(2)24(14(3)4)21(26)17-9-7-6-8-16(17)15-10-11-19(22)18(12-15)20(25)23-5/h6-14H,1-5H3,(H,23,25). The summed E-state index contributed by atoms with van der Waals surface area (Å²) < 4.78 is 0. The summed E-state index contributed by atoms with van der Waals surface area (Å²) in [4.78, 5) is 27.1. The van der Waals surface area contributed by atoms with Gasteiger partial charge in [0.05, 0.1) is 10.6 Å². The molecule has 0 saturated carbocycles. The molecule has 138 valence electrons. The molecule has 1 N–H and O–H groups in total. The lowest BCUT2D eigenvalue weighted by atomic mass is 9.96. The van der Waals surface area contributed by atoms with Gasteiger partial charge in [0.15, 0.2) is 0 Å². The topological polar surface area (TPSA) is 49.4 Å². The number of amides is 2. The van der Waals surface area contributed by atoms with Crippen LogP contribution in [0.5, 0.6) is 0 Å². The van der Waals surface area contributed by atoms with Crippen molar-refractivity contribution in [3.05, 3.63) is 58.6 Å². The monoisotopic (exact) mass is 372 g/mol. The molecule has 0 aliphatic heterocycles. The van der Waals surface area contributed by atoms with Crippen molar-refractivity contribution in [1.29, 1.82) is 0 Å². The minimum absolute atomic E-state index is 0.0259. The fourth-order valence-corrected chi connectivity index (χ4v) is 3.33. The molecule has 0 radical (unpaired) electrons. The highest BCUT2D eigenvalue weighted by Gasteiger charge is 2.24. The molecule has 2 aromatic carbocycles. The van der Waals surface area contributed by atoms with Crippen LogP contribution in [0.15, 0.2) is 42.5 Å². The predicted octanol–water partition coefficient (Wildman–Crippen LogP) is 4.63. The number of nitrogens with zero attached hydrogens (tertiary/aromatic N) is 1. The summed E-state index contributed by atoms with van der Waals surface area (Å²) in [5, 5.41) is 2.97. The van der Waals surface area contributed by atoms with E-state index in [0.29, 0.717) is 16.1 Å². The van der Waals surface area contributed by atoms with Crippen LogP contribution < -0.4 is 5.32 Å². The van der Waals surface area contributed by atoms with Gasteiger partial charge in [0.25, 0.3) is 11.8 Å². The van der Waals surface area contributed by atoms with E-state index in [0.717, 1.165) is 11.1 Å². The molecule has 0 aliphatic rings. The highest BCUT2D eigenvalue weighted by Crippen LogP contribution is 2.29. The van der Waals surface area contributed by atoms with Gasteiger partial charge in [-0.2, -0.15) is 0 Å². The van der Waals surface area contributed by atoms with Crippen molar-refractivity contribution in [3.63, 3.8) is 0 Å². The molecule has 4 nitrogen and oxygen atoms in total. The number of hydrogen-bond acceptors (Lipinski definition) is 2. The van der Waals surface area contributed by atoms with Crippen LogP contribution >= 0.6 is 11.6 Å². The lowest BCUT2D eigenvalue weighted by molar-refractivity contribution is 0.0644. The van der Waals surface area contributed by atoms with Gasteiger partial charge in [-0.05, 0) is 57.0 Å². The van der Waals surface area contributed by atoms with Crippen LogP contribution in [-0.2, 0) is 0 Å². The van der Waals surface area contributed by atoms with Crippen molar-refractivity contribution in [2.75, 3.05) is 7.05 Å². The zero-order valence-corrected chi connectivity index (χ0v) is 16.6. The molecule has 0 bridgehead atoms. The maximum absolute atomic E-state index is 13.2. The van der Waals surface area contributed by atoms with E-state index in [1.807, 2.05) is 62.9 Å². The summed E-state index contributed by atoms with van der Waals surface area (Å²) in [5.41, 5.74) is 2.56. The maximum atomic E-state index is 13.2. The number of nitrogens with one attached hydrogen (secondary N) is 1. The Kier molecular flexibility index (Phi) is 6.43. The summed E-state index contributed by atoms with van der Waals surface area (Å²) in [7, 11) is 1.56. The molecule has 0 heterocycles. The minimum atomic E-state index is -0.258. The fourth-order valence-electron chi connectivity index (χ4n) is 3.13. The first-order valence-corrected chi connectivity index (χ1v) is 9.09. The van der Waals surface area contributed by atoms with Crippen LogP contribution in [-0.4, -0.2) is 35.8 Å². The second-order valence-corrected chi connectivity index (χ2v) is 7.13. The van der Waals surface area contributed by atoms with Crippen molar-refractivity contribution in [2.24, 2.45) is 0 Å². The first-order valence-electron chi connectivity index (χ1n) is 8.71. The van der Waals surface area contributed by atoms with Gasteiger partial charge in [0, 0.05) is 24.7 Å². The van der Waals surface area contributed by atoms with Crippen molar-refractivity contribution in [3.8, 4) is 11.1 Å². The van der Waals surface area contributed by atoms with Gasteiger partial charge in [0.2, 0.25) is 0 Å². The van der Waals surface area contributed by atoms with Gasteiger partial charge in [0.1, 0.15) is 0 Å². The van der Waals surface area contributed by atoms with E-state index >= 15 is 0 Å². The summed E-state index contributed by atoms with van der Waals surface area (Å²) in [6.07, 6.45) is 0. The van der Waals surface area contributed by atoms with Gasteiger partial charge >= 0.3 is 0 Å². The number of benzene rings is 2. The van der Waals surface area contributed by atoms with E-state index in [2.05, 4.69) is 5.32 Å². The molecule has 0 fully saturated rings. The smallest absolute Gasteiger partial charge is 0.254 e. The number of carbonyl (C=O) groups excluding carboxylic acids is 2. The van der Waals surface area contributed by atoms with Crippen LogP contribution in [0.3, 0.4) is 0 Å². The third kappa shape index (κ3) is 4.07. The Hall–Kier alpha value is -2.33. The predicted molar refractivity (Wildman–Crippen MR) is 107 cm³/mol. The van der Waals surface area contributed by atoms with Crippen molar-refractivity contribution in [1.82, 2.24) is 10.2 Å². The van der Waals surface area contributed by atoms with E-state index in [1.165, 1.54) is 0 Å². The lowest BCUT2D eigenvalue weighted by Gasteiger charge is -2.31. The number of halogens is 1. The van der Waals surface area contributed by atoms with Crippen molar-refractivity contribution in [2.45, 2.75) is 39.8 Å². The van der Waals surface area contributed by atoms with E-state index in [1.54, 1.807) is 19.2 Å². The molecular formula is C21H25ClN2O2. The quantitative estimate of drug-likeness (QED) is 0.832. The zero-order valence-electron chi connectivity index (χ0n) is 15.8. The summed E-state index contributed by atoms with van der Waals surface area (Å²) >= 11 is 6.16. The van der Waals surface area contributed by atoms with Gasteiger partial charge < -0.3 is 10.2 Å². The molecular weight excluding hydrogens is 348 g/mol. The minimum Gasteiger partial charge on any atom is -0.355 e. The normalized spacial score (nSPS) is 10.9. The summed E-state index contributed by atoms with van der Waals surface area (Å²) in [5.74, 6) is -0.284. The van der Waals surface area contributed by atoms with Crippen LogP contribution in [0.25, 0.3) is 11.1 Å². The molecule has 0 unspecified atom stereocenters. The average Bonchev–Trinajstić information content (AvgIpc) is 2.60. The number of rotatable bonds is 5. The van der Waals surface area contributed by atoms with Crippen LogP contribution in [0.2, 0.25) is 5.02 Å². The molecule has 0 saturated heterocycles. The van der Waals surface area contributed by atoms with Crippen molar-refractivity contribution >= 4 is 23.4 Å². The second kappa shape index (κ2) is 8.37. The van der Waals surface area contributed by atoms with Crippen LogP contribution in [0.1, 0.15) is 48.4 Å². The van der Waals surface area contributed by atoms with E-state index in [9.17, 15) is 9.59 Å².